The average molecular weight is 333 g/mol. The van der Waals surface area contributed by atoms with Crippen molar-refractivity contribution in [1.82, 2.24) is 4.98 Å². The first kappa shape index (κ1) is 16.9. The molecule has 0 aliphatic rings. The minimum Gasteiger partial charge on any atom is -0.447 e. The van der Waals surface area contributed by atoms with E-state index in [9.17, 15) is 4.79 Å². The average Bonchev–Trinajstić information content (AvgIpc) is 2.68. The zero-order valence-corrected chi connectivity index (χ0v) is 14.0. The summed E-state index contributed by atoms with van der Waals surface area (Å²) < 4.78 is 10.9. The van der Waals surface area contributed by atoms with E-state index in [4.69, 9.17) is 9.47 Å². The summed E-state index contributed by atoms with van der Waals surface area (Å²) in [6.07, 6.45) is 1.14. The Labute approximate surface area is 147 Å². The van der Waals surface area contributed by atoms with Crippen molar-refractivity contribution >= 4 is 5.97 Å². The van der Waals surface area contributed by atoms with Crippen molar-refractivity contribution in [2.45, 2.75) is 12.7 Å². The number of esters is 1. The maximum absolute atomic E-state index is 12.7. The van der Waals surface area contributed by atoms with Crippen LogP contribution in [0.4, 0.5) is 0 Å². The van der Waals surface area contributed by atoms with Crippen LogP contribution in [-0.2, 0) is 16.1 Å². The van der Waals surface area contributed by atoms with Crippen LogP contribution in [0.5, 0.6) is 0 Å². The monoisotopic (exact) mass is 333 g/mol. The molecule has 0 saturated heterocycles. The predicted molar refractivity (Wildman–Crippen MR) is 95.1 cm³/mol. The Bertz CT molecular complexity index is 779. The molecule has 3 rings (SSSR count). The van der Waals surface area contributed by atoms with Crippen molar-refractivity contribution in [1.29, 1.82) is 0 Å². The number of nitrogens with zero attached hydrogens (tertiary/aromatic N) is 1. The van der Waals surface area contributed by atoms with Gasteiger partial charge in [0, 0.05) is 13.3 Å². The summed E-state index contributed by atoms with van der Waals surface area (Å²) in [5, 5.41) is 0. The van der Waals surface area contributed by atoms with E-state index < -0.39 is 12.1 Å². The number of carbonyl (C=O) groups excluding carboxylic acids is 1. The highest BCUT2D eigenvalue weighted by Gasteiger charge is 2.21. The second-order valence-electron chi connectivity index (χ2n) is 5.58. The van der Waals surface area contributed by atoms with Crippen LogP contribution >= 0.6 is 0 Å². The number of hydrogen-bond acceptors (Lipinski definition) is 4. The van der Waals surface area contributed by atoms with E-state index in [1.165, 1.54) is 0 Å². The quantitative estimate of drug-likeness (QED) is 0.635. The normalized spacial score (nSPS) is 11.7. The molecule has 0 fully saturated rings. The van der Waals surface area contributed by atoms with Gasteiger partial charge in [-0.3, -0.25) is 4.98 Å². The number of rotatable bonds is 6. The number of ether oxygens (including phenoxy) is 2. The molecule has 126 valence electrons. The van der Waals surface area contributed by atoms with Gasteiger partial charge in [0.15, 0.2) is 6.10 Å². The summed E-state index contributed by atoms with van der Waals surface area (Å²) in [6, 6.07) is 22.4. The lowest BCUT2D eigenvalue weighted by atomic mass is 10.1. The van der Waals surface area contributed by atoms with Crippen LogP contribution in [0.3, 0.4) is 0 Å². The predicted octanol–water partition coefficient (Wildman–Crippen LogP) is 4.17. The molecule has 1 heterocycles. The van der Waals surface area contributed by atoms with E-state index >= 15 is 0 Å². The Kier molecular flexibility index (Phi) is 5.54. The van der Waals surface area contributed by atoms with Gasteiger partial charge in [-0.1, -0.05) is 48.5 Å². The second kappa shape index (κ2) is 8.22. The highest BCUT2D eigenvalue weighted by atomic mass is 16.5. The zero-order chi connectivity index (χ0) is 17.5. The Hall–Kier alpha value is -2.98. The van der Waals surface area contributed by atoms with E-state index in [1.54, 1.807) is 25.4 Å². The molecule has 0 amide bonds. The molecule has 3 aromatic rings. The second-order valence-corrected chi connectivity index (χ2v) is 5.58. The largest absolute Gasteiger partial charge is 0.447 e. The standard InChI is InChI=1S/C21H19NO3/c1-24-15-16-8-7-11-18(14-16)21(23)25-20(17-9-3-2-4-10-17)19-12-5-6-13-22-19/h2-14,20H,15H2,1H3. The lowest BCUT2D eigenvalue weighted by Crippen LogP contribution is -2.14. The molecule has 1 unspecified atom stereocenters. The third-order valence-electron chi connectivity index (χ3n) is 3.76. The molecular formula is C21H19NO3. The summed E-state index contributed by atoms with van der Waals surface area (Å²) >= 11 is 0. The van der Waals surface area contributed by atoms with Crippen LogP contribution in [0, 0.1) is 0 Å². The van der Waals surface area contributed by atoms with Crippen molar-refractivity contribution in [3.05, 3.63) is 101 Å². The van der Waals surface area contributed by atoms with Crippen LogP contribution in [0.1, 0.15) is 33.3 Å². The number of aromatic nitrogens is 1. The van der Waals surface area contributed by atoms with Gasteiger partial charge in [-0.05, 0) is 35.4 Å². The first-order valence-corrected chi connectivity index (χ1v) is 8.02. The van der Waals surface area contributed by atoms with Gasteiger partial charge in [0.1, 0.15) is 0 Å². The van der Waals surface area contributed by atoms with Crippen LogP contribution in [0.15, 0.2) is 79.0 Å². The molecule has 2 aromatic carbocycles. The fourth-order valence-electron chi connectivity index (χ4n) is 2.59. The maximum Gasteiger partial charge on any atom is 0.339 e. The van der Waals surface area contributed by atoms with E-state index in [1.807, 2.05) is 60.7 Å². The molecule has 25 heavy (non-hydrogen) atoms. The van der Waals surface area contributed by atoms with Crippen molar-refractivity contribution in [2.75, 3.05) is 7.11 Å². The maximum atomic E-state index is 12.7. The Morgan fingerprint density at radius 2 is 1.80 bits per heavy atom. The first-order valence-electron chi connectivity index (χ1n) is 8.02. The Morgan fingerprint density at radius 1 is 1.00 bits per heavy atom. The Balaban J connectivity index is 1.88. The molecule has 0 bridgehead atoms. The highest BCUT2D eigenvalue weighted by molar-refractivity contribution is 5.89. The third-order valence-corrected chi connectivity index (χ3v) is 3.76. The molecule has 0 saturated carbocycles. The van der Waals surface area contributed by atoms with Gasteiger partial charge >= 0.3 is 5.97 Å². The summed E-state index contributed by atoms with van der Waals surface area (Å²) in [6.45, 7) is 0.448. The lowest BCUT2D eigenvalue weighted by molar-refractivity contribution is 0.0370. The fourth-order valence-corrected chi connectivity index (χ4v) is 2.59. The first-order chi connectivity index (χ1) is 12.3. The smallest absolute Gasteiger partial charge is 0.339 e. The van der Waals surface area contributed by atoms with Gasteiger partial charge in [-0.25, -0.2) is 4.79 Å². The molecule has 0 N–H and O–H groups in total. The molecular weight excluding hydrogens is 314 g/mol. The van der Waals surface area contributed by atoms with E-state index in [-0.39, 0.29) is 0 Å². The van der Waals surface area contributed by atoms with Gasteiger partial charge in [-0.15, -0.1) is 0 Å². The van der Waals surface area contributed by atoms with Crippen molar-refractivity contribution < 1.29 is 14.3 Å². The number of methoxy groups -OCH3 is 1. The van der Waals surface area contributed by atoms with Crippen LogP contribution in [0.25, 0.3) is 0 Å². The fraction of sp³-hybridized carbons (Fsp3) is 0.143. The van der Waals surface area contributed by atoms with Gasteiger partial charge in [0.05, 0.1) is 17.9 Å². The highest BCUT2D eigenvalue weighted by Crippen LogP contribution is 2.25. The minimum atomic E-state index is -0.555. The van der Waals surface area contributed by atoms with Crippen molar-refractivity contribution in [3.8, 4) is 0 Å². The van der Waals surface area contributed by atoms with E-state index in [0.29, 0.717) is 17.9 Å². The summed E-state index contributed by atoms with van der Waals surface area (Å²) in [7, 11) is 1.62. The lowest BCUT2D eigenvalue weighted by Gasteiger charge is -2.18. The third kappa shape index (κ3) is 4.31. The number of pyridine rings is 1. The summed E-state index contributed by atoms with van der Waals surface area (Å²) in [5.41, 5.74) is 2.98. The summed E-state index contributed by atoms with van der Waals surface area (Å²) in [4.78, 5) is 17.0. The number of hydrogen-bond donors (Lipinski definition) is 0. The number of benzene rings is 2. The van der Waals surface area contributed by atoms with Gasteiger partial charge < -0.3 is 9.47 Å². The molecule has 4 nitrogen and oxygen atoms in total. The van der Waals surface area contributed by atoms with Crippen LogP contribution in [-0.4, -0.2) is 18.1 Å². The van der Waals surface area contributed by atoms with Crippen molar-refractivity contribution in [3.63, 3.8) is 0 Å². The molecule has 1 atom stereocenters. The van der Waals surface area contributed by atoms with Gasteiger partial charge in [0.25, 0.3) is 0 Å². The minimum absolute atomic E-state index is 0.391. The molecule has 1 aromatic heterocycles. The molecule has 0 radical (unpaired) electrons. The van der Waals surface area contributed by atoms with Crippen molar-refractivity contribution in [2.24, 2.45) is 0 Å². The SMILES string of the molecule is COCc1cccc(C(=O)OC(c2ccccc2)c2ccccn2)c1. The molecule has 0 spiro atoms. The van der Waals surface area contributed by atoms with E-state index in [2.05, 4.69) is 4.98 Å². The summed E-state index contributed by atoms with van der Waals surface area (Å²) in [5.74, 6) is -0.391. The molecule has 0 aliphatic heterocycles. The van der Waals surface area contributed by atoms with Gasteiger partial charge in [0.2, 0.25) is 0 Å². The van der Waals surface area contributed by atoms with Crippen LogP contribution < -0.4 is 0 Å². The Morgan fingerprint density at radius 3 is 2.52 bits per heavy atom. The zero-order valence-electron chi connectivity index (χ0n) is 14.0. The number of carbonyl (C=O) groups is 1. The van der Waals surface area contributed by atoms with Gasteiger partial charge in [-0.2, -0.15) is 0 Å². The van der Waals surface area contributed by atoms with E-state index in [0.717, 1.165) is 11.1 Å². The topological polar surface area (TPSA) is 48.4 Å². The van der Waals surface area contributed by atoms with Crippen LogP contribution in [0.2, 0.25) is 0 Å². The molecule has 0 aliphatic carbocycles. The molecule has 4 heteroatoms.